The summed E-state index contributed by atoms with van der Waals surface area (Å²) < 4.78 is 1.01. The van der Waals surface area contributed by atoms with Gasteiger partial charge in [0.1, 0.15) is 0 Å². The third-order valence-electron chi connectivity index (χ3n) is 2.29. The Balaban J connectivity index is 2.12. The van der Waals surface area contributed by atoms with E-state index in [1.165, 1.54) is 0 Å². The van der Waals surface area contributed by atoms with Gasteiger partial charge in [0, 0.05) is 20.3 Å². The summed E-state index contributed by atoms with van der Waals surface area (Å²) in [6, 6.07) is 10.6. The highest BCUT2D eigenvalue weighted by molar-refractivity contribution is 9.10. The predicted molar refractivity (Wildman–Crippen MR) is 76.5 cm³/mol. The predicted octanol–water partition coefficient (Wildman–Crippen LogP) is 4.28. The molecule has 2 rings (SSSR count). The Morgan fingerprint density at radius 3 is 2.61 bits per heavy atom. The molecule has 2 nitrogen and oxygen atoms in total. The number of carbonyl (C=O) groups excluding carboxylic acids is 1. The normalized spacial score (nSPS) is 10.4. The Morgan fingerprint density at radius 2 is 2.06 bits per heavy atom. The fourth-order valence-corrected chi connectivity index (χ4v) is 2.72. The summed E-state index contributed by atoms with van der Waals surface area (Å²) >= 11 is 4.92. The van der Waals surface area contributed by atoms with Gasteiger partial charge in [-0.3, -0.25) is 4.79 Å². The molecule has 0 aliphatic carbocycles. The number of benzene rings is 1. The number of nitriles is 1. The van der Waals surface area contributed by atoms with Crippen LogP contribution in [0.1, 0.15) is 20.8 Å². The van der Waals surface area contributed by atoms with Crippen molar-refractivity contribution in [1.82, 2.24) is 0 Å². The minimum absolute atomic E-state index is 0.0657. The first kappa shape index (κ1) is 12.7. The molecule has 88 valence electrons. The minimum atomic E-state index is -0.0657. The molecule has 1 aromatic heterocycles. The van der Waals surface area contributed by atoms with Crippen molar-refractivity contribution >= 4 is 39.1 Å². The number of carbonyl (C=O) groups is 1. The van der Waals surface area contributed by atoms with Crippen molar-refractivity contribution in [1.29, 1.82) is 5.26 Å². The third kappa shape index (κ3) is 3.16. The molecule has 0 radical (unpaired) electrons. The maximum Gasteiger partial charge on any atom is 0.185 e. The first-order chi connectivity index (χ1) is 8.69. The molecule has 0 spiro atoms. The Morgan fingerprint density at radius 1 is 1.33 bits per heavy atom. The summed E-state index contributed by atoms with van der Waals surface area (Å²) in [4.78, 5) is 12.9. The molecule has 1 heterocycles. The van der Waals surface area contributed by atoms with Crippen LogP contribution in [-0.4, -0.2) is 5.78 Å². The van der Waals surface area contributed by atoms with Crippen LogP contribution in [0.5, 0.6) is 0 Å². The summed E-state index contributed by atoms with van der Waals surface area (Å²) in [6.07, 6.45) is 3.33. The summed E-state index contributed by atoms with van der Waals surface area (Å²) in [5, 5.41) is 10.6. The fourth-order valence-electron chi connectivity index (χ4n) is 1.38. The van der Waals surface area contributed by atoms with E-state index < -0.39 is 0 Å². The third-order valence-corrected chi connectivity index (χ3v) is 3.94. The van der Waals surface area contributed by atoms with Crippen molar-refractivity contribution in [3.05, 3.63) is 62.3 Å². The van der Waals surface area contributed by atoms with E-state index >= 15 is 0 Å². The maximum atomic E-state index is 11.8. The molecule has 0 bridgehead atoms. The van der Waals surface area contributed by atoms with Gasteiger partial charge in [-0.25, -0.2) is 0 Å². The highest BCUT2D eigenvalue weighted by Crippen LogP contribution is 2.21. The number of hydrogen-bond donors (Lipinski definition) is 0. The van der Waals surface area contributed by atoms with Gasteiger partial charge in [0.2, 0.25) is 0 Å². The van der Waals surface area contributed by atoms with Crippen LogP contribution in [0.2, 0.25) is 0 Å². The van der Waals surface area contributed by atoms with E-state index in [9.17, 15) is 4.79 Å². The van der Waals surface area contributed by atoms with Gasteiger partial charge in [0.25, 0.3) is 0 Å². The van der Waals surface area contributed by atoms with E-state index in [1.807, 2.05) is 17.5 Å². The molecule has 0 saturated carbocycles. The van der Waals surface area contributed by atoms with Gasteiger partial charge in [0.05, 0.1) is 11.6 Å². The molecule has 4 heteroatoms. The molecule has 0 saturated heterocycles. The van der Waals surface area contributed by atoms with Crippen LogP contribution in [-0.2, 0) is 0 Å². The molecular formula is C14H8BrNOS. The second-order valence-corrected chi connectivity index (χ2v) is 5.41. The van der Waals surface area contributed by atoms with Crippen LogP contribution >= 0.6 is 27.3 Å². The smallest absolute Gasteiger partial charge is 0.185 e. The zero-order valence-corrected chi connectivity index (χ0v) is 11.7. The van der Waals surface area contributed by atoms with E-state index in [0.717, 1.165) is 9.35 Å². The van der Waals surface area contributed by atoms with Crippen molar-refractivity contribution in [3.8, 4) is 6.07 Å². The number of allylic oxidation sites excluding steroid dienone is 1. The van der Waals surface area contributed by atoms with E-state index in [0.29, 0.717) is 11.1 Å². The Bertz CT molecular complexity index is 635. The largest absolute Gasteiger partial charge is 0.289 e. The molecule has 2 aromatic rings. The van der Waals surface area contributed by atoms with Crippen LogP contribution in [0.25, 0.3) is 6.08 Å². The number of nitrogens with zero attached hydrogens (tertiary/aromatic N) is 1. The SMILES string of the molecule is N#Cc1ccc(C(=O)/C=C/c2cc(Br)cs2)cc1. The van der Waals surface area contributed by atoms with E-state index in [4.69, 9.17) is 5.26 Å². The number of halogens is 1. The fraction of sp³-hybridized carbons (Fsp3) is 0. The Hall–Kier alpha value is -1.70. The van der Waals surface area contributed by atoms with Crippen LogP contribution in [0.4, 0.5) is 0 Å². The summed E-state index contributed by atoms with van der Waals surface area (Å²) in [5.74, 6) is -0.0657. The van der Waals surface area contributed by atoms with Gasteiger partial charge in [-0.2, -0.15) is 5.26 Å². The maximum absolute atomic E-state index is 11.8. The molecule has 0 amide bonds. The molecular weight excluding hydrogens is 310 g/mol. The molecule has 1 aromatic carbocycles. The van der Waals surface area contributed by atoms with Gasteiger partial charge in [0.15, 0.2) is 5.78 Å². The Kier molecular flexibility index (Phi) is 4.08. The second-order valence-electron chi connectivity index (χ2n) is 3.55. The average molecular weight is 318 g/mol. The van der Waals surface area contributed by atoms with Crippen molar-refractivity contribution in [2.45, 2.75) is 0 Å². The Labute approximate surface area is 117 Å². The first-order valence-corrected chi connectivity index (χ1v) is 6.83. The molecule has 0 unspecified atom stereocenters. The monoisotopic (exact) mass is 317 g/mol. The van der Waals surface area contributed by atoms with Crippen molar-refractivity contribution < 1.29 is 4.79 Å². The van der Waals surface area contributed by atoms with Crippen LogP contribution < -0.4 is 0 Å². The number of thiophene rings is 1. The summed E-state index contributed by atoms with van der Waals surface area (Å²) in [6.45, 7) is 0. The molecule has 0 aliphatic heterocycles. The molecule has 0 aliphatic rings. The highest BCUT2D eigenvalue weighted by Gasteiger charge is 2.01. The molecule has 0 atom stereocenters. The van der Waals surface area contributed by atoms with Crippen LogP contribution in [0.15, 0.2) is 46.3 Å². The topological polar surface area (TPSA) is 40.9 Å². The van der Waals surface area contributed by atoms with Crippen LogP contribution in [0.3, 0.4) is 0 Å². The zero-order valence-electron chi connectivity index (χ0n) is 9.26. The zero-order chi connectivity index (χ0) is 13.0. The molecule has 18 heavy (non-hydrogen) atoms. The lowest BCUT2D eigenvalue weighted by molar-refractivity contribution is 0.104. The van der Waals surface area contributed by atoms with Crippen molar-refractivity contribution in [2.24, 2.45) is 0 Å². The molecule has 0 N–H and O–H groups in total. The standard InChI is InChI=1S/C14H8BrNOS/c15-12-7-13(18-9-12)5-6-14(17)11-3-1-10(8-16)2-4-11/h1-7,9H/b6-5+. The average Bonchev–Trinajstić information content (AvgIpc) is 2.82. The summed E-state index contributed by atoms with van der Waals surface area (Å²) in [7, 11) is 0. The minimum Gasteiger partial charge on any atom is -0.289 e. The van der Waals surface area contributed by atoms with E-state index in [2.05, 4.69) is 15.9 Å². The van der Waals surface area contributed by atoms with E-state index in [1.54, 1.807) is 47.8 Å². The van der Waals surface area contributed by atoms with Gasteiger partial charge in [-0.1, -0.05) is 0 Å². The molecule has 0 fully saturated rings. The van der Waals surface area contributed by atoms with E-state index in [-0.39, 0.29) is 5.78 Å². The van der Waals surface area contributed by atoms with Crippen molar-refractivity contribution in [3.63, 3.8) is 0 Å². The lowest BCUT2D eigenvalue weighted by Crippen LogP contribution is -1.93. The van der Waals surface area contributed by atoms with Gasteiger partial charge >= 0.3 is 0 Å². The summed E-state index contributed by atoms with van der Waals surface area (Å²) in [5.41, 5.74) is 1.14. The van der Waals surface area contributed by atoms with Crippen molar-refractivity contribution in [2.75, 3.05) is 0 Å². The van der Waals surface area contributed by atoms with Crippen LogP contribution in [0, 0.1) is 11.3 Å². The number of rotatable bonds is 3. The number of hydrogen-bond acceptors (Lipinski definition) is 3. The first-order valence-electron chi connectivity index (χ1n) is 5.15. The second kappa shape index (κ2) is 5.76. The lowest BCUT2D eigenvalue weighted by atomic mass is 10.1. The quantitative estimate of drug-likeness (QED) is 0.626. The van der Waals surface area contributed by atoms with Gasteiger partial charge < -0.3 is 0 Å². The number of ketones is 1. The lowest BCUT2D eigenvalue weighted by Gasteiger charge is -1.95. The highest BCUT2D eigenvalue weighted by atomic mass is 79.9. The van der Waals surface area contributed by atoms with Gasteiger partial charge in [-0.15, -0.1) is 11.3 Å². The van der Waals surface area contributed by atoms with Gasteiger partial charge in [-0.05, 0) is 58.4 Å².